The zero-order chi connectivity index (χ0) is 13.1. The molecule has 1 aromatic heterocycles. The number of ether oxygens (including phenoxy) is 1. The van der Waals surface area contributed by atoms with Crippen molar-refractivity contribution in [1.82, 2.24) is 10.3 Å². The number of esters is 1. The first-order chi connectivity index (χ1) is 7.90. The first kappa shape index (κ1) is 14.1. The molecule has 0 amide bonds. The van der Waals surface area contributed by atoms with Crippen molar-refractivity contribution in [2.45, 2.75) is 32.6 Å². The van der Waals surface area contributed by atoms with Gasteiger partial charge in [-0.15, -0.1) is 11.3 Å². The Morgan fingerprint density at radius 2 is 2.12 bits per heavy atom. The largest absolute Gasteiger partial charge is 0.465 e. The van der Waals surface area contributed by atoms with Crippen molar-refractivity contribution < 1.29 is 9.53 Å². The normalized spacial score (nSPS) is 11.6. The van der Waals surface area contributed by atoms with Gasteiger partial charge in [-0.3, -0.25) is 0 Å². The Bertz CT molecular complexity index is 394. The fourth-order valence-corrected chi connectivity index (χ4v) is 2.63. The molecule has 5 heteroatoms. The van der Waals surface area contributed by atoms with E-state index in [1.165, 1.54) is 18.4 Å². The number of carbonyl (C=O) groups is 1. The molecule has 0 saturated carbocycles. The second-order valence-corrected chi connectivity index (χ2v) is 5.96. The number of carbonyl (C=O) groups excluding carboxylic acids is 1. The minimum Gasteiger partial charge on any atom is -0.465 e. The maximum absolute atomic E-state index is 11.7. The first-order valence-electron chi connectivity index (χ1n) is 5.63. The molecule has 1 heterocycles. The molecule has 0 aliphatic carbocycles. The topological polar surface area (TPSA) is 51.2 Å². The van der Waals surface area contributed by atoms with E-state index >= 15 is 0 Å². The Morgan fingerprint density at radius 1 is 1.47 bits per heavy atom. The summed E-state index contributed by atoms with van der Waals surface area (Å²) in [6.07, 6.45) is 0.835. The Kier molecular flexibility index (Phi) is 4.65. The van der Waals surface area contributed by atoms with E-state index in [4.69, 9.17) is 4.74 Å². The lowest BCUT2D eigenvalue weighted by Gasteiger charge is -2.16. The van der Waals surface area contributed by atoms with Gasteiger partial charge in [0.2, 0.25) is 0 Å². The quantitative estimate of drug-likeness (QED) is 0.837. The monoisotopic (exact) mass is 256 g/mol. The molecular formula is C12H20N2O2S. The van der Waals surface area contributed by atoms with Crippen molar-refractivity contribution in [1.29, 1.82) is 0 Å². The highest BCUT2D eigenvalue weighted by molar-refractivity contribution is 7.13. The van der Waals surface area contributed by atoms with Crippen molar-refractivity contribution in [3.8, 4) is 0 Å². The zero-order valence-corrected chi connectivity index (χ0v) is 11.9. The summed E-state index contributed by atoms with van der Waals surface area (Å²) in [7, 11) is 3.31. The molecule has 4 nitrogen and oxygen atoms in total. The van der Waals surface area contributed by atoms with Crippen molar-refractivity contribution in [2.75, 3.05) is 20.7 Å². The minimum absolute atomic E-state index is 0.141. The van der Waals surface area contributed by atoms with Gasteiger partial charge in [0.15, 0.2) is 0 Å². The van der Waals surface area contributed by atoms with Crippen LogP contribution in [-0.4, -0.2) is 31.7 Å². The van der Waals surface area contributed by atoms with Gasteiger partial charge in [0.05, 0.1) is 17.8 Å². The van der Waals surface area contributed by atoms with E-state index in [0.717, 1.165) is 23.7 Å². The van der Waals surface area contributed by atoms with Gasteiger partial charge in [-0.2, -0.15) is 0 Å². The van der Waals surface area contributed by atoms with Crippen molar-refractivity contribution in [3.63, 3.8) is 0 Å². The lowest BCUT2D eigenvalue weighted by molar-refractivity contribution is 0.0603. The molecule has 0 aliphatic heterocycles. The van der Waals surface area contributed by atoms with Crippen LogP contribution in [0.2, 0.25) is 0 Å². The second kappa shape index (κ2) is 5.60. The summed E-state index contributed by atoms with van der Waals surface area (Å²) >= 11 is 1.43. The molecule has 0 atom stereocenters. The number of thiazole rings is 1. The standard InChI is InChI=1S/C12H20N2O2S/c1-12(2,3)10-9(11(15)16-5)17-8(14-10)6-7-13-4/h13H,6-7H2,1-5H3. The van der Waals surface area contributed by atoms with Crippen LogP contribution < -0.4 is 5.32 Å². The number of rotatable bonds is 4. The Hall–Kier alpha value is -0.940. The van der Waals surface area contributed by atoms with Crippen LogP contribution in [0.5, 0.6) is 0 Å². The number of aromatic nitrogens is 1. The van der Waals surface area contributed by atoms with Crippen molar-refractivity contribution in [3.05, 3.63) is 15.6 Å². The molecule has 0 fully saturated rings. The van der Waals surface area contributed by atoms with E-state index in [9.17, 15) is 4.79 Å². The average Bonchev–Trinajstić information content (AvgIpc) is 2.69. The van der Waals surface area contributed by atoms with Crippen LogP contribution >= 0.6 is 11.3 Å². The molecule has 1 aromatic rings. The molecule has 0 aromatic carbocycles. The van der Waals surface area contributed by atoms with Crippen LogP contribution in [0.25, 0.3) is 0 Å². The van der Waals surface area contributed by atoms with Gasteiger partial charge in [-0.05, 0) is 7.05 Å². The predicted molar refractivity (Wildman–Crippen MR) is 69.8 cm³/mol. The van der Waals surface area contributed by atoms with Gasteiger partial charge < -0.3 is 10.1 Å². The molecule has 0 radical (unpaired) electrons. The SMILES string of the molecule is CNCCc1nc(C(C)(C)C)c(C(=O)OC)s1. The second-order valence-electron chi connectivity index (χ2n) is 4.88. The highest BCUT2D eigenvalue weighted by Crippen LogP contribution is 2.30. The van der Waals surface area contributed by atoms with Crippen LogP contribution in [0, 0.1) is 0 Å². The van der Waals surface area contributed by atoms with E-state index in [1.54, 1.807) is 0 Å². The summed E-state index contributed by atoms with van der Waals surface area (Å²) < 4.78 is 4.81. The van der Waals surface area contributed by atoms with E-state index in [0.29, 0.717) is 4.88 Å². The molecule has 1 rings (SSSR count). The Morgan fingerprint density at radius 3 is 2.59 bits per heavy atom. The summed E-state index contributed by atoms with van der Waals surface area (Å²) in [5.74, 6) is -0.289. The van der Waals surface area contributed by atoms with Crippen LogP contribution in [-0.2, 0) is 16.6 Å². The summed E-state index contributed by atoms with van der Waals surface area (Å²) in [6, 6.07) is 0. The summed E-state index contributed by atoms with van der Waals surface area (Å²) in [6.45, 7) is 7.01. The lowest BCUT2D eigenvalue weighted by atomic mass is 9.91. The average molecular weight is 256 g/mol. The molecule has 0 saturated heterocycles. The number of hydrogen-bond donors (Lipinski definition) is 1. The molecule has 96 valence electrons. The molecule has 17 heavy (non-hydrogen) atoms. The number of methoxy groups -OCH3 is 1. The number of nitrogens with one attached hydrogen (secondary N) is 1. The molecule has 0 bridgehead atoms. The van der Waals surface area contributed by atoms with Gasteiger partial charge >= 0.3 is 5.97 Å². The smallest absolute Gasteiger partial charge is 0.350 e. The van der Waals surface area contributed by atoms with Crippen molar-refractivity contribution in [2.24, 2.45) is 0 Å². The number of hydrogen-bond acceptors (Lipinski definition) is 5. The molecular weight excluding hydrogens is 236 g/mol. The third-order valence-electron chi connectivity index (χ3n) is 2.34. The predicted octanol–water partition coefficient (Wildman–Crippen LogP) is 1.99. The number of nitrogens with zero attached hydrogens (tertiary/aromatic N) is 1. The number of likely N-dealkylation sites (N-methyl/N-ethyl adjacent to an activating group) is 1. The third kappa shape index (κ3) is 3.51. The van der Waals surface area contributed by atoms with E-state index in [2.05, 4.69) is 31.1 Å². The van der Waals surface area contributed by atoms with Gasteiger partial charge in [0, 0.05) is 18.4 Å². The summed E-state index contributed by atoms with van der Waals surface area (Å²) in [5, 5.41) is 4.05. The van der Waals surface area contributed by atoms with Gasteiger partial charge in [-0.1, -0.05) is 20.8 Å². The van der Waals surface area contributed by atoms with E-state index in [1.807, 2.05) is 7.05 Å². The van der Waals surface area contributed by atoms with Gasteiger partial charge in [0.25, 0.3) is 0 Å². The first-order valence-corrected chi connectivity index (χ1v) is 6.45. The van der Waals surface area contributed by atoms with Gasteiger partial charge in [-0.25, -0.2) is 9.78 Å². The lowest BCUT2D eigenvalue weighted by Crippen LogP contribution is -2.17. The maximum atomic E-state index is 11.7. The van der Waals surface area contributed by atoms with Crippen molar-refractivity contribution >= 4 is 17.3 Å². The van der Waals surface area contributed by atoms with Crippen LogP contribution in [0.3, 0.4) is 0 Å². The van der Waals surface area contributed by atoms with E-state index < -0.39 is 0 Å². The third-order valence-corrected chi connectivity index (χ3v) is 3.44. The molecule has 0 aliphatic rings. The fourth-order valence-electron chi connectivity index (χ4n) is 1.44. The van der Waals surface area contributed by atoms with Gasteiger partial charge in [0.1, 0.15) is 4.88 Å². The van der Waals surface area contributed by atoms with Crippen LogP contribution in [0.1, 0.15) is 41.1 Å². The van der Waals surface area contributed by atoms with Crippen LogP contribution in [0.15, 0.2) is 0 Å². The fraction of sp³-hybridized carbons (Fsp3) is 0.667. The Balaban J connectivity index is 3.08. The molecule has 0 spiro atoms. The zero-order valence-electron chi connectivity index (χ0n) is 11.1. The van der Waals surface area contributed by atoms with Crippen LogP contribution in [0.4, 0.5) is 0 Å². The minimum atomic E-state index is -0.289. The Labute approximate surface area is 106 Å². The highest BCUT2D eigenvalue weighted by atomic mass is 32.1. The van der Waals surface area contributed by atoms with E-state index in [-0.39, 0.29) is 11.4 Å². The highest BCUT2D eigenvalue weighted by Gasteiger charge is 2.27. The molecule has 1 N–H and O–H groups in total. The summed E-state index contributed by atoms with van der Waals surface area (Å²) in [5.41, 5.74) is 0.693. The maximum Gasteiger partial charge on any atom is 0.350 e. The molecule has 0 unspecified atom stereocenters. The summed E-state index contributed by atoms with van der Waals surface area (Å²) in [4.78, 5) is 16.9.